The van der Waals surface area contributed by atoms with E-state index in [0.29, 0.717) is 30.7 Å². The third-order valence-electron chi connectivity index (χ3n) is 3.78. The number of benzene rings is 1. The topological polar surface area (TPSA) is 66.8 Å². The van der Waals surface area contributed by atoms with Gasteiger partial charge in [0.2, 0.25) is 0 Å². The molecule has 0 aliphatic carbocycles. The number of likely N-dealkylation sites (tertiary alicyclic amines) is 1. The highest BCUT2D eigenvalue weighted by Crippen LogP contribution is 2.23. The standard InChI is InChI=1S/C16H21NO4/c1-3-21-16(20)13-6-4-5-9-17(13)15(19)12-8-7-11(2)14(18)10-12/h7-8,10,13,18H,3-6,9H2,1-2H3. The number of amides is 1. The lowest BCUT2D eigenvalue weighted by atomic mass is 10.0. The largest absolute Gasteiger partial charge is 0.508 e. The van der Waals surface area contributed by atoms with Crippen molar-refractivity contribution >= 4 is 11.9 Å². The van der Waals surface area contributed by atoms with Crippen LogP contribution in [0.15, 0.2) is 18.2 Å². The van der Waals surface area contributed by atoms with Crippen LogP contribution in [0.3, 0.4) is 0 Å². The van der Waals surface area contributed by atoms with E-state index in [-0.39, 0.29) is 17.6 Å². The molecule has 1 aromatic rings. The van der Waals surface area contributed by atoms with E-state index in [1.54, 1.807) is 30.9 Å². The maximum Gasteiger partial charge on any atom is 0.328 e. The van der Waals surface area contributed by atoms with Crippen LogP contribution in [0.2, 0.25) is 0 Å². The summed E-state index contributed by atoms with van der Waals surface area (Å²) in [6.45, 7) is 4.37. The smallest absolute Gasteiger partial charge is 0.328 e. The van der Waals surface area contributed by atoms with E-state index in [0.717, 1.165) is 12.8 Å². The summed E-state index contributed by atoms with van der Waals surface area (Å²) in [4.78, 5) is 26.2. The fourth-order valence-corrected chi connectivity index (χ4v) is 2.57. The SMILES string of the molecule is CCOC(=O)C1CCCCN1C(=O)c1ccc(C)c(O)c1. The molecular weight excluding hydrogens is 270 g/mol. The number of phenolic OH excluding ortho intramolecular Hbond substituents is 1. The van der Waals surface area contributed by atoms with E-state index in [1.807, 2.05) is 0 Å². The third kappa shape index (κ3) is 3.35. The van der Waals surface area contributed by atoms with Crippen molar-refractivity contribution in [1.82, 2.24) is 4.90 Å². The molecule has 1 heterocycles. The lowest BCUT2D eigenvalue weighted by Gasteiger charge is -2.34. The summed E-state index contributed by atoms with van der Waals surface area (Å²) in [7, 11) is 0. The Bertz CT molecular complexity index is 541. The van der Waals surface area contributed by atoms with Crippen molar-refractivity contribution < 1.29 is 19.4 Å². The Morgan fingerprint density at radius 3 is 2.81 bits per heavy atom. The summed E-state index contributed by atoms with van der Waals surface area (Å²) >= 11 is 0. The first-order valence-corrected chi connectivity index (χ1v) is 7.31. The first-order chi connectivity index (χ1) is 10.0. The van der Waals surface area contributed by atoms with Gasteiger partial charge in [-0.15, -0.1) is 0 Å². The molecule has 5 nitrogen and oxygen atoms in total. The number of carbonyl (C=O) groups is 2. The molecule has 0 saturated carbocycles. The van der Waals surface area contributed by atoms with Gasteiger partial charge in [-0.3, -0.25) is 4.79 Å². The normalized spacial score (nSPS) is 18.4. The number of esters is 1. The number of ether oxygens (including phenoxy) is 1. The van der Waals surface area contributed by atoms with E-state index in [9.17, 15) is 14.7 Å². The Hall–Kier alpha value is -2.04. The maximum absolute atomic E-state index is 12.6. The molecule has 0 spiro atoms. The number of hydrogen-bond acceptors (Lipinski definition) is 4. The van der Waals surface area contributed by atoms with Gasteiger partial charge in [0.1, 0.15) is 11.8 Å². The highest BCUT2D eigenvalue weighted by molar-refractivity contribution is 5.97. The van der Waals surface area contributed by atoms with Gasteiger partial charge in [0, 0.05) is 12.1 Å². The first-order valence-electron chi connectivity index (χ1n) is 7.31. The molecule has 21 heavy (non-hydrogen) atoms. The molecule has 1 fully saturated rings. The van der Waals surface area contributed by atoms with Crippen molar-refractivity contribution in [2.75, 3.05) is 13.2 Å². The Morgan fingerprint density at radius 2 is 2.14 bits per heavy atom. The zero-order valence-electron chi connectivity index (χ0n) is 12.5. The van der Waals surface area contributed by atoms with Gasteiger partial charge in [-0.25, -0.2) is 4.79 Å². The van der Waals surface area contributed by atoms with Crippen LogP contribution in [0, 0.1) is 6.92 Å². The molecule has 1 aromatic carbocycles. The van der Waals surface area contributed by atoms with Crippen LogP contribution < -0.4 is 0 Å². The minimum atomic E-state index is -0.519. The van der Waals surface area contributed by atoms with Crippen molar-refractivity contribution in [1.29, 1.82) is 0 Å². The van der Waals surface area contributed by atoms with Crippen LogP contribution in [0.5, 0.6) is 5.75 Å². The third-order valence-corrected chi connectivity index (χ3v) is 3.78. The number of aromatic hydroxyl groups is 1. The summed E-state index contributed by atoms with van der Waals surface area (Å²) in [5.74, 6) is -0.490. The number of piperidine rings is 1. The number of nitrogens with zero attached hydrogens (tertiary/aromatic N) is 1. The number of hydrogen-bond donors (Lipinski definition) is 1. The summed E-state index contributed by atoms with van der Waals surface area (Å²) in [6, 6.07) is 4.31. The second kappa shape index (κ2) is 6.61. The highest BCUT2D eigenvalue weighted by atomic mass is 16.5. The van der Waals surface area contributed by atoms with Crippen molar-refractivity contribution in [3.63, 3.8) is 0 Å². The first kappa shape index (κ1) is 15.4. The summed E-state index contributed by atoms with van der Waals surface area (Å²) < 4.78 is 5.06. The van der Waals surface area contributed by atoms with Crippen LogP contribution in [0.1, 0.15) is 42.1 Å². The number of carbonyl (C=O) groups excluding carboxylic acids is 2. The Balaban J connectivity index is 2.21. The molecule has 0 radical (unpaired) electrons. The lowest BCUT2D eigenvalue weighted by molar-refractivity contribution is -0.149. The average Bonchev–Trinajstić information content (AvgIpc) is 2.49. The Morgan fingerprint density at radius 1 is 1.38 bits per heavy atom. The van der Waals surface area contributed by atoms with Crippen molar-refractivity contribution in [2.45, 2.75) is 39.2 Å². The second-order valence-corrected chi connectivity index (χ2v) is 5.26. The van der Waals surface area contributed by atoms with Crippen LogP contribution in [0.4, 0.5) is 0 Å². The number of rotatable bonds is 3. The minimum absolute atomic E-state index is 0.0885. The molecule has 1 atom stereocenters. The molecule has 114 valence electrons. The Kier molecular flexibility index (Phi) is 4.83. The molecule has 1 aliphatic rings. The molecular formula is C16H21NO4. The second-order valence-electron chi connectivity index (χ2n) is 5.26. The number of phenols is 1. The van der Waals surface area contributed by atoms with E-state index >= 15 is 0 Å². The van der Waals surface area contributed by atoms with Crippen LogP contribution in [-0.2, 0) is 9.53 Å². The van der Waals surface area contributed by atoms with Gasteiger partial charge in [-0.05, 0) is 50.8 Å². The summed E-state index contributed by atoms with van der Waals surface area (Å²) in [5, 5.41) is 9.74. The van der Waals surface area contributed by atoms with Gasteiger partial charge in [0.25, 0.3) is 5.91 Å². The van der Waals surface area contributed by atoms with Crippen molar-refractivity contribution in [3.8, 4) is 5.75 Å². The van der Waals surface area contributed by atoms with Gasteiger partial charge in [0.05, 0.1) is 6.61 Å². The minimum Gasteiger partial charge on any atom is -0.508 e. The molecule has 0 aromatic heterocycles. The molecule has 1 unspecified atom stereocenters. The fraction of sp³-hybridized carbons (Fsp3) is 0.500. The zero-order chi connectivity index (χ0) is 15.4. The van der Waals surface area contributed by atoms with E-state index in [1.165, 1.54) is 6.07 Å². The van der Waals surface area contributed by atoms with Crippen LogP contribution in [-0.4, -0.2) is 41.1 Å². The van der Waals surface area contributed by atoms with Gasteiger partial charge >= 0.3 is 5.97 Å². The molecule has 2 rings (SSSR count). The Labute approximate surface area is 124 Å². The quantitative estimate of drug-likeness (QED) is 0.867. The molecule has 0 bridgehead atoms. The van der Waals surface area contributed by atoms with Gasteiger partial charge in [-0.2, -0.15) is 0 Å². The van der Waals surface area contributed by atoms with Crippen LogP contribution >= 0.6 is 0 Å². The molecule has 1 N–H and O–H groups in total. The highest BCUT2D eigenvalue weighted by Gasteiger charge is 2.33. The fourth-order valence-electron chi connectivity index (χ4n) is 2.57. The summed E-state index contributed by atoms with van der Waals surface area (Å²) in [5.41, 5.74) is 1.11. The van der Waals surface area contributed by atoms with Crippen LogP contribution in [0.25, 0.3) is 0 Å². The lowest BCUT2D eigenvalue weighted by Crippen LogP contribution is -2.48. The molecule has 1 saturated heterocycles. The monoisotopic (exact) mass is 291 g/mol. The van der Waals surface area contributed by atoms with E-state index in [2.05, 4.69) is 0 Å². The van der Waals surface area contributed by atoms with Gasteiger partial charge < -0.3 is 14.7 Å². The molecule has 1 aliphatic heterocycles. The van der Waals surface area contributed by atoms with E-state index < -0.39 is 6.04 Å². The van der Waals surface area contributed by atoms with Crippen molar-refractivity contribution in [2.24, 2.45) is 0 Å². The summed E-state index contributed by atoms with van der Waals surface area (Å²) in [6.07, 6.45) is 2.41. The predicted molar refractivity (Wildman–Crippen MR) is 78.2 cm³/mol. The van der Waals surface area contributed by atoms with Gasteiger partial charge in [0.15, 0.2) is 0 Å². The average molecular weight is 291 g/mol. The molecule has 5 heteroatoms. The van der Waals surface area contributed by atoms with E-state index in [4.69, 9.17) is 4.74 Å². The predicted octanol–water partition coefficient (Wildman–Crippen LogP) is 2.26. The number of aryl methyl sites for hydroxylation is 1. The van der Waals surface area contributed by atoms with Crippen molar-refractivity contribution in [3.05, 3.63) is 29.3 Å². The molecule has 1 amide bonds. The van der Waals surface area contributed by atoms with Gasteiger partial charge in [-0.1, -0.05) is 6.07 Å². The zero-order valence-corrected chi connectivity index (χ0v) is 12.5. The maximum atomic E-state index is 12.6.